The van der Waals surface area contributed by atoms with Crippen LogP contribution in [-0.2, 0) is 10.2 Å². The van der Waals surface area contributed by atoms with Gasteiger partial charge in [0.2, 0.25) is 0 Å². The first-order valence-corrected chi connectivity index (χ1v) is 5.89. The Balaban J connectivity index is 2.15. The molecule has 0 bridgehead atoms. The first-order valence-electron chi connectivity index (χ1n) is 5.89. The minimum atomic E-state index is -0.820. The van der Waals surface area contributed by atoms with E-state index in [1.807, 2.05) is 0 Å². The molecule has 0 unspecified atom stereocenters. The second-order valence-corrected chi connectivity index (χ2v) is 4.59. The highest BCUT2D eigenvalue weighted by Gasteiger charge is 2.54. The first kappa shape index (κ1) is 11.2. The maximum absolute atomic E-state index is 11.4. The van der Waals surface area contributed by atoms with Crippen molar-refractivity contribution in [2.24, 2.45) is 0 Å². The average Bonchev–Trinajstić information content (AvgIpc) is 3.19. The summed E-state index contributed by atoms with van der Waals surface area (Å²) in [6.07, 6.45) is 1.26. The van der Waals surface area contributed by atoms with Gasteiger partial charge in [-0.3, -0.25) is 4.79 Å². The molecular weight excluding hydrogens is 236 g/mol. The van der Waals surface area contributed by atoms with Crippen molar-refractivity contribution in [2.75, 3.05) is 20.3 Å². The lowest BCUT2D eigenvalue weighted by Crippen LogP contribution is -2.24. The van der Waals surface area contributed by atoms with Crippen molar-refractivity contribution in [3.05, 3.63) is 17.7 Å². The molecule has 1 saturated carbocycles. The van der Waals surface area contributed by atoms with Crippen LogP contribution in [-0.4, -0.2) is 31.4 Å². The van der Waals surface area contributed by atoms with Gasteiger partial charge < -0.3 is 19.3 Å². The normalized spacial score (nSPS) is 19.2. The summed E-state index contributed by atoms with van der Waals surface area (Å²) in [5.41, 5.74) is -0.150. The van der Waals surface area contributed by atoms with Gasteiger partial charge in [-0.2, -0.15) is 0 Å². The Bertz CT molecular complexity index is 504. The van der Waals surface area contributed by atoms with Crippen LogP contribution in [0.1, 0.15) is 18.4 Å². The highest BCUT2D eigenvalue weighted by Crippen LogP contribution is 2.55. The monoisotopic (exact) mass is 250 g/mol. The molecule has 0 atom stereocenters. The standard InChI is InChI=1S/C13H14O5/c1-16-8-6-9(13(2-3-13)12(14)15)11-10(7-8)17-4-5-18-11/h6-7H,2-5H2,1H3,(H,14,15). The van der Waals surface area contributed by atoms with Gasteiger partial charge in [-0.15, -0.1) is 0 Å². The number of hydrogen-bond acceptors (Lipinski definition) is 4. The number of carbonyl (C=O) groups is 1. The fourth-order valence-electron chi connectivity index (χ4n) is 2.33. The predicted molar refractivity (Wildman–Crippen MR) is 62.5 cm³/mol. The van der Waals surface area contributed by atoms with E-state index in [1.165, 1.54) is 0 Å². The number of hydrogen-bond donors (Lipinski definition) is 1. The molecule has 5 heteroatoms. The maximum atomic E-state index is 11.4. The summed E-state index contributed by atoms with van der Waals surface area (Å²) in [4.78, 5) is 11.4. The Hall–Kier alpha value is -1.91. The number of benzene rings is 1. The molecule has 18 heavy (non-hydrogen) atoms. The van der Waals surface area contributed by atoms with Crippen LogP contribution in [0, 0.1) is 0 Å². The van der Waals surface area contributed by atoms with Gasteiger partial charge in [0.25, 0.3) is 0 Å². The molecule has 1 fully saturated rings. The van der Waals surface area contributed by atoms with Crippen molar-refractivity contribution in [3.8, 4) is 17.2 Å². The molecule has 5 nitrogen and oxygen atoms in total. The zero-order valence-electron chi connectivity index (χ0n) is 10.1. The number of aliphatic carboxylic acids is 1. The van der Waals surface area contributed by atoms with E-state index in [0.717, 1.165) is 0 Å². The summed E-state index contributed by atoms with van der Waals surface area (Å²) < 4.78 is 16.3. The van der Waals surface area contributed by atoms with Crippen LogP contribution in [0.15, 0.2) is 12.1 Å². The minimum absolute atomic E-state index is 0.446. The van der Waals surface area contributed by atoms with E-state index in [2.05, 4.69) is 0 Å². The summed E-state index contributed by atoms with van der Waals surface area (Å²) >= 11 is 0. The number of methoxy groups -OCH3 is 1. The second kappa shape index (κ2) is 3.80. The lowest BCUT2D eigenvalue weighted by atomic mass is 9.94. The molecule has 0 amide bonds. The topological polar surface area (TPSA) is 65.0 Å². The van der Waals surface area contributed by atoms with Gasteiger partial charge in [0, 0.05) is 11.6 Å². The van der Waals surface area contributed by atoms with E-state index in [0.29, 0.717) is 48.9 Å². The predicted octanol–water partition coefficient (Wildman–Crippen LogP) is 1.58. The smallest absolute Gasteiger partial charge is 0.314 e. The first-order chi connectivity index (χ1) is 8.67. The van der Waals surface area contributed by atoms with Crippen molar-refractivity contribution < 1.29 is 24.1 Å². The molecule has 1 N–H and O–H groups in total. The molecule has 96 valence electrons. The number of carboxylic acid groups (broad SMARTS) is 1. The second-order valence-electron chi connectivity index (χ2n) is 4.59. The SMILES string of the molecule is COc1cc2c(c(C3(C(=O)O)CC3)c1)OCCO2. The highest BCUT2D eigenvalue weighted by molar-refractivity contribution is 5.86. The molecule has 1 aliphatic carbocycles. The van der Waals surface area contributed by atoms with Gasteiger partial charge >= 0.3 is 5.97 Å². The molecule has 0 aromatic heterocycles. The number of ether oxygens (including phenoxy) is 3. The molecule has 0 radical (unpaired) electrons. The Labute approximate surface area is 104 Å². The third-order valence-corrected chi connectivity index (χ3v) is 3.53. The number of rotatable bonds is 3. The third kappa shape index (κ3) is 1.50. The zero-order valence-corrected chi connectivity index (χ0v) is 10.1. The fraction of sp³-hybridized carbons (Fsp3) is 0.462. The van der Waals surface area contributed by atoms with E-state index in [9.17, 15) is 9.90 Å². The van der Waals surface area contributed by atoms with Crippen LogP contribution in [0.4, 0.5) is 0 Å². The zero-order chi connectivity index (χ0) is 12.8. The van der Waals surface area contributed by atoms with Crippen molar-refractivity contribution in [1.29, 1.82) is 0 Å². The Morgan fingerprint density at radius 1 is 1.33 bits per heavy atom. The summed E-state index contributed by atoms with van der Waals surface area (Å²) in [5.74, 6) is 0.916. The summed E-state index contributed by atoms with van der Waals surface area (Å²) in [6.45, 7) is 0.918. The largest absolute Gasteiger partial charge is 0.497 e. The van der Waals surface area contributed by atoms with Crippen molar-refractivity contribution in [2.45, 2.75) is 18.3 Å². The van der Waals surface area contributed by atoms with Crippen LogP contribution in [0.3, 0.4) is 0 Å². The van der Waals surface area contributed by atoms with Crippen molar-refractivity contribution in [1.82, 2.24) is 0 Å². The molecule has 0 spiro atoms. The van der Waals surface area contributed by atoms with Gasteiger partial charge in [-0.1, -0.05) is 0 Å². The Morgan fingerprint density at radius 2 is 2.06 bits per heavy atom. The van der Waals surface area contributed by atoms with Gasteiger partial charge in [-0.25, -0.2) is 0 Å². The number of carboxylic acids is 1. The fourth-order valence-corrected chi connectivity index (χ4v) is 2.33. The summed E-state index contributed by atoms with van der Waals surface area (Å²) in [5, 5.41) is 9.39. The molecule has 2 aliphatic rings. The van der Waals surface area contributed by atoms with E-state index in [4.69, 9.17) is 14.2 Å². The molecule has 0 saturated heterocycles. The van der Waals surface area contributed by atoms with Gasteiger partial charge in [-0.05, 0) is 18.9 Å². The molecule has 3 rings (SSSR count). The molecule has 1 aliphatic heterocycles. The van der Waals surface area contributed by atoms with Crippen molar-refractivity contribution in [3.63, 3.8) is 0 Å². The third-order valence-electron chi connectivity index (χ3n) is 3.53. The average molecular weight is 250 g/mol. The Kier molecular flexibility index (Phi) is 2.36. The van der Waals surface area contributed by atoms with Crippen LogP contribution < -0.4 is 14.2 Å². The van der Waals surface area contributed by atoms with Crippen molar-refractivity contribution >= 4 is 5.97 Å². The van der Waals surface area contributed by atoms with Crippen LogP contribution >= 0.6 is 0 Å². The molecule has 1 heterocycles. The Morgan fingerprint density at radius 3 is 2.67 bits per heavy atom. The van der Waals surface area contributed by atoms with Crippen LogP contribution in [0.5, 0.6) is 17.2 Å². The van der Waals surface area contributed by atoms with Gasteiger partial charge in [0.15, 0.2) is 11.5 Å². The van der Waals surface area contributed by atoms with Gasteiger partial charge in [0.1, 0.15) is 19.0 Å². The van der Waals surface area contributed by atoms with E-state index >= 15 is 0 Å². The van der Waals surface area contributed by atoms with E-state index in [-0.39, 0.29) is 0 Å². The van der Waals surface area contributed by atoms with Crippen LogP contribution in [0.2, 0.25) is 0 Å². The summed E-state index contributed by atoms with van der Waals surface area (Å²) in [7, 11) is 1.55. The maximum Gasteiger partial charge on any atom is 0.314 e. The minimum Gasteiger partial charge on any atom is -0.497 e. The molecule has 1 aromatic carbocycles. The lowest BCUT2D eigenvalue weighted by Gasteiger charge is -2.24. The number of fused-ring (bicyclic) bond motifs is 1. The molecule has 1 aromatic rings. The van der Waals surface area contributed by atoms with E-state index in [1.54, 1.807) is 19.2 Å². The van der Waals surface area contributed by atoms with Gasteiger partial charge in [0.05, 0.1) is 12.5 Å². The van der Waals surface area contributed by atoms with Crippen LogP contribution in [0.25, 0.3) is 0 Å². The quantitative estimate of drug-likeness (QED) is 0.882. The highest BCUT2D eigenvalue weighted by atomic mass is 16.6. The summed E-state index contributed by atoms with van der Waals surface area (Å²) in [6, 6.07) is 3.48. The van der Waals surface area contributed by atoms with E-state index < -0.39 is 11.4 Å². The lowest BCUT2D eigenvalue weighted by molar-refractivity contribution is -0.140. The molecular formula is C13H14O5.